The number of hydrogen-bond donors (Lipinski definition) is 0. The van der Waals surface area contributed by atoms with Crippen LogP contribution in [0.4, 0.5) is 17.1 Å². The van der Waals surface area contributed by atoms with E-state index in [1.54, 1.807) is 0 Å². The summed E-state index contributed by atoms with van der Waals surface area (Å²) in [6.45, 7) is 4.72. The van der Waals surface area contributed by atoms with Gasteiger partial charge in [-0.15, -0.1) is 0 Å². The van der Waals surface area contributed by atoms with E-state index < -0.39 is 0 Å². The van der Waals surface area contributed by atoms with Crippen molar-refractivity contribution in [2.75, 3.05) is 4.90 Å². The van der Waals surface area contributed by atoms with Crippen LogP contribution >= 0.6 is 0 Å². The Kier molecular flexibility index (Phi) is 7.36. The highest BCUT2D eigenvalue weighted by atomic mass is 16.3. The van der Waals surface area contributed by atoms with Gasteiger partial charge in [-0.2, -0.15) is 0 Å². The maximum absolute atomic E-state index is 7.05. The van der Waals surface area contributed by atoms with Crippen molar-refractivity contribution in [3.63, 3.8) is 0 Å². The van der Waals surface area contributed by atoms with Crippen molar-refractivity contribution in [3.05, 3.63) is 211 Å². The zero-order valence-corrected chi connectivity index (χ0v) is 34.3. The third kappa shape index (κ3) is 4.94. The molecular weight excluding hydrogens is 755 g/mol. The van der Waals surface area contributed by atoms with Crippen molar-refractivity contribution in [1.29, 1.82) is 0 Å². The number of fused-ring (bicyclic) bond motifs is 13. The number of rotatable bonds is 5. The van der Waals surface area contributed by atoms with E-state index in [2.05, 4.69) is 219 Å². The van der Waals surface area contributed by atoms with E-state index in [4.69, 9.17) is 8.83 Å². The fraction of sp³-hybridized carbons (Fsp3) is 0.0508. The Morgan fingerprint density at radius 3 is 1.58 bits per heavy atom. The fourth-order valence-corrected chi connectivity index (χ4v) is 10.6. The molecule has 292 valence electrons. The van der Waals surface area contributed by atoms with Crippen LogP contribution in [0.15, 0.2) is 209 Å². The Hall–Kier alpha value is -7.88. The number of furan rings is 2. The Balaban J connectivity index is 1.04. The maximum atomic E-state index is 7.05. The van der Waals surface area contributed by atoms with Crippen molar-refractivity contribution in [2.45, 2.75) is 19.3 Å². The molecule has 0 spiro atoms. The van der Waals surface area contributed by atoms with Gasteiger partial charge in [0.1, 0.15) is 16.7 Å². The molecule has 10 aromatic carbocycles. The smallest absolute Gasteiger partial charge is 0.159 e. The van der Waals surface area contributed by atoms with E-state index in [1.807, 2.05) is 0 Å². The molecule has 0 amide bonds. The van der Waals surface area contributed by atoms with Crippen LogP contribution in [0.2, 0.25) is 0 Å². The highest BCUT2D eigenvalue weighted by Crippen LogP contribution is 2.53. The van der Waals surface area contributed by atoms with Gasteiger partial charge < -0.3 is 13.7 Å². The Labute approximate surface area is 358 Å². The van der Waals surface area contributed by atoms with Crippen LogP contribution in [0.25, 0.3) is 98.8 Å². The van der Waals surface area contributed by atoms with Crippen LogP contribution in [0.3, 0.4) is 0 Å². The summed E-state index contributed by atoms with van der Waals surface area (Å²) in [5, 5.41) is 8.93. The first-order valence-corrected chi connectivity index (χ1v) is 21.4. The first kappa shape index (κ1) is 34.9. The highest BCUT2D eigenvalue weighted by molar-refractivity contribution is 6.19. The zero-order valence-electron chi connectivity index (χ0n) is 34.3. The third-order valence-corrected chi connectivity index (χ3v) is 13.4. The number of para-hydroxylation sites is 3. The number of benzene rings is 10. The summed E-state index contributed by atoms with van der Waals surface area (Å²) in [6.07, 6.45) is 0. The molecule has 0 saturated carbocycles. The van der Waals surface area contributed by atoms with Crippen molar-refractivity contribution < 1.29 is 8.83 Å². The van der Waals surface area contributed by atoms with Gasteiger partial charge >= 0.3 is 0 Å². The second-order valence-corrected chi connectivity index (χ2v) is 17.2. The Morgan fingerprint density at radius 2 is 0.839 bits per heavy atom. The molecule has 0 N–H and O–H groups in total. The minimum Gasteiger partial charge on any atom is -0.455 e. The summed E-state index contributed by atoms with van der Waals surface area (Å²) in [4.78, 5) is 2.37. The molecule has 12 aromatic rings. The number of anilines is 3. The SMILES string of the molecule is CC1(C)c2ccccc2-c2cccc(-c3ccc(N(c4ccccc4-c4cccc5c4oc4c6ccccc6ccc54)c4cccc5c4oc4c6ccccc6ccc54)cc3)c21. The lowest BCUT2D eigenvalue weighted by Gasteiger charge is -2.28. The van der Waals surface area contributed by atoms with Crippen LogP contribution in [0.5, 0.6) is 0 Å². The zero-order chi connectivity index (χ0) is 41.1. The summed E-state index contributed by atoms with van der Waals surface area (Å²) in [5.74, 6) is 0. The minimum atomic E-state index is -0.128. The van der Waals surface area contributed by atoms with Gasteiger partial charge in [-0.05, 0) is 80.6 Å². The van der Waals surface area contributed by atoms with Crippen LogP contribution < -0.4 is 4.90 Å². The molecular formula is C59H39NO2. The van der Waals surface area contributed by atoms with E-state index in [1.165, 1.54) is 33.4 Å². The molecule has 0 aliphatic heterocycles. The molecule has 0 bridgehead atoms. The maximum Gasteiger partial charge on any atom is 0.159 e. The second-order valence-electron chi connectivity index (χ2n) is 17.2. The van der Waals surface area contributed by atoms with E-state index in [0.29, 0.717) is 0 Å². The van der Waals surface area contributed by atoms with Crippen molar-refractivity contribution in [3.8, 4) is 33.4 Å². The standard InChI is InChI=1S/C59H39NO2/c1-59(2)51-25-9-7-18-43(51)45-21-11-20-40(54(45)59)38-28-32-39(33-29-38)60(53-27-13-24-48-50-35-31-37-15-4-6-17-42(37)56(50)62-58(48)53)52-26-10-8-19-44(52)46-22-12-23-47-49-34-30-36-14-3-5-16-41(36)55(49)61-57(46)47/h3-35H,1-2H3. The van der Waals surface area contributed by atoms with Gasteiger partial charge in [0.25, 0.3) is 0 Å². The van der Waals surface area contributed by atoms with Crippen molar-refractivity contribution in [2.24, 2.45) is 0 Å². The molecule has 0 fully saturated rings. The average Bonchev–Trinajstić information content (AvgIpc) is 3.98. The molecule has 1 aliphatic rings. The van der Waals surface area contributed by atoms with Gasteiger partial charge in [0.05, 0.1) is 11.4 Å². The van der Waals surface area contributed by atoms with Gasteiger partial charge in [0, 0.05) is 54.5 Å². The molecule has 2 heterocycles. The second kappa shape index (κ2) is 13.1. The summed E-state index contributed by atoms with van der Waals surface area (Å²) in [5.41, 5.74) is 16.3. The molecule has 13 rings (SSSR count). The molecule has 0 saturated heterocycles. The largest absolute Gasteiger partial charge is 0.455 e. The molecule has 3 heteroatoms. The monoisotopic (exact) mass is 793 g/mol. The van der Waals surface area contributed by atoms with Gasteiger partial charge in [-0.3, -0.25) is 0 Å². The molecule has 0 atom stereocenters. The predicted molar refractivity (Wildman–Crippen MR) is 259 cm³/mol. The molecule has 1 aliphatic carbocycles. The summed E-state index contributed by atoms with van der Waals surface area (Å²) < 4.78 is 14.0. The Morgan fingerprint density at radius 1 is 0.339 bits per heavy atom. The van der Waals surface area contributed by atoms with E-state index in [9.17, 15) is 0 Å². The molecule has 3 nitrogen and oxygen atoms in total. The van der Waals surface area contributed by atoms with E-state index in [-0.39, 0.29) is 5.41 Å². The normalized spacial score (nSPS) is 13.1. The van der Waals surface area contributed by atoms with Gasteiger partial charge in [0.15, 0.2) is 5.58 Å². The number of hydrogen-bond acceptors (Lipinski definition) is 3. The van der Waals surface area contributed by atoms with Gasteiger partial charge in [-0.25, -0.2) is 0 Å². The molecule has 0 unspecified atom stereocenters. The molecule has 2 aromatic heterocycles. The van der Waals surface area contributed by atoms with E-state index >= 15 is 0 Å². The minimum absolute atomic E-state index is 0.128. The first-order valence-electron chi connectivity index (χ1n) is 21.4. The summed E-state index contributed by atoms with van der Waals surface area (Å²) >= 11 is 0. The number of nitrogens with zero attached hydrogens (tertiary/aromatic N) is 1. The first-order chi connectivity index (χ1) is 30.5. The highest BCUT2D eigenvalue weighted by Gasteiger charge is 2.37. The van der Waals surface area contributed by atoms with Crippen molar-refractivity contribution in [1.82, 2.24) is 0 Å². The Bertz CT molecular complexity index is 3790. The molecule has 0 radical (unpaired) electrons. The lowest BCUT2D eigenvalue weighted by Crippen LogP contribution is -2.16. The quantitative estimate of drug-likeness (QED) is 0.174. The predicted octanol–water partition coefficient (Wildman–Crippen LogP) is 16.9. The summed E-state index contributed by atoms with van der Waals surface area (Å²) in [7, 11) is 0. The topological polar surface area (TPSA) is 29.5 Å². The van der Waals surface area contributed by atoms with Crippen LogP contribution in [0, 0.1) is 0 Å². The van der Waals surface area contributed by atoms with E-state index in [0.717, 1.165) is 93.6 Å². The lowest BCUT2D eigenvalue weighted by molar-refractivity contribution is 0.662. The summed E-state index contributed by atoms with van der Waals surface area (Å²) in [6, 6.07) is 72.2. The third-order valence-electron chi connectivity index (χ3n) is 13.4. The van der Waals surface area contributed by atoms with Gasteiger partial charge in [-0.1, -0.05) is 178 Å². The van der Waals surface area contributed by atoms with Gasteiger partial charge in [0.2, 0.25) is 0 Å². The van der Waals surface area contributed by atoms with Crippen LogP contribution in [-0.4, -0.2) is 0 Å². The van der Waals surface area contributed by atoms with Crippen LogP contribution in [-0.2, 0) is 5.41 Å². The fourth-order valence-electron chi connectivity index (χ4n) is 10.6. The average molecular weight is 794 g/mol. The van der Waals surface area contributed by atoms with Crippen molar-refractivity contribution >= 4 is 82.5 Å². The lowest BCUT2D eigenvalue weighted by atomic mass is 9.79. The van der Waals surface area contributed by atoms with Crippen LogP contribution in [0.1, 0.15) is 25.0 Å². The molecule has 62 heavy (non-hydrogen) atoms.